The van der Waals surface area contributed by atoms with Gasteiger partial charge in [0, 0.05) is 22.3 Å². The molecule has 0 bridgehead atoms. The SMILES string of the molecule is CC1=C(C)C(=O)C(c2ccc3c(c2)OCO3)=C(CCC(C)(C)O)C1=O. The molecular weight excluding hydrogens is 320 g/mol. The summed E-state index contributed by atoms with van der Waals surface area (Å²) in [5.41, 5.74) is 1.51. The van der Waals surface area contributed by atoms with Gasteiger partial charge in [0.2, 0.25) is 6.79 Å². The number of hydrogen-bond donors (Lipinski definition) is 1. The monoisotopic (exact) mass is 342 g/mol. The first-order valence-corrected chi connectivity index (χ1v) is 8.31. The van der Waals surface area contributed by atoms with E-state index in [1.807, 2.05) is 0 Å². The van der Waals surface area contributed by atoms with Gasteiger partial charge in [-0.05, 0) is 58.2 Å². The van der Waals surface area contributed by atoms with Crippen molar-refractivity contribution in [1.29, 1.82) is 0 Å². The van der Waals surface area contributed by atoms with Gasteiger partial charge in [0.1, 0.15) is 0 Å². The summed E-state index contributed by atoms with van der Waals surface area (Å²) in [6.45, 7) is 6.88. The second kappa shape index (κ2) is 6.15. The lowest BCUT2D eigenvalue weighted by Gasteiger charge is -2.24. The van der Waals surface area contributed by atoms with Crippen LogP contribution in [0.5, 0.6) is 11.5 Å². The van der Waals surface area contributed by atoms with Crippen LogP contribution in [0.3, 0.4) is 0 Å². The third-order valence-electron chi connectivity index (χ3n) is 4.69. The standard InChI is InChI=1S/C20H22O5/c1-11-12(2)19(22)17(14(18(11)21)7-8-20(3,4)23)13-5-6-15-16(9-13)25-10-24-15/h5-6,9,23H,7-8,10H2,1-4H3. The number of benzene rings is 1. The maximum Gasteiger partial charge on any atom is 0.231 e. The molecule has 1 aliphatic heterocycles. The van der Waals surface area contributed by atoms with Gasteiger partial charge in [0.15, 0.2) is 23.1 Å². The number of ketones is 2. The molecule has 25 heavy (non-hydrogen) atoms. The van der Waals surface area contributed by atoms with E-state index in [4.69, 9.17) is 9.47 Å². The van der Waals surface area contributed by atoms with Gasteiger partial charge in [-0.15, -0.1) is 0 Å². The highest BCUT2D eigenvalue weighted by molar-refractivity contribution is 6.39. The lowest BCUT2D eigenvalue weighted by atomic mass is 9.79. The summed E-state index contributed by atoms with van der Waals surface area (Å²) in [7, 11) is 0. The van der Waals surface area contributed by atoms with Crippen molar-refractivity contribution in [3.8, 4) is 11.5 Å². The number of ether oxygens (including phenoxy) is 2. The van der Waals surface area contributed by atoms with Crippen molar-refractivity contribution in [2.45, 2.75) is 46.1 Å². The van der Waals surface area contributed by atoms with Gasteiger partial charge in [-0.3, -0.25) is 9.59 Å². The van der Waals surface area contributed by atoms with Crippen LogP contribution in [-0.4, -0.2) is 29.1 Å². The van der Waals surface area contributed by atoms with Crippen LogP contribution in [0, 0.1) is 0 Å². The fourth-order valence-corrected chi connectivity index (χ4v) is 3.03. The number of allylic oxidation sites excluding steroid dienone is 4. The summed E-state index contributed by atoms with van der Waals surface area (Å²) in [5.74, 6) is 0.909. The highest BCUT2D eigenvalue weighted by Gasteiger charge is 2.32. The molecule has 0 spiro atoms. The number of carbonyl (C=O) groups excluding carboxylic acids is 2. The Bertz CT molecular complexity index is 821. The summed E-state index contributed by atoms with van der Waals surface area (Å²) < 4.78 is 10.7. The van der Waals surface area contributed by atoms with E-state index in [9.17, 15) is 14.7 Å². The Labute approximate surface area is 146 Å². The van der Waals surface area contributed by atoms with E-state index in [2.05, 4.69) is 0 Å². The van der Waals surface area contributed by atoms with E-state index in [1.54, 1.807) is 45.9 Å². The number of carbonyl (C=O) groups is 2. The minimum Gasteiger partial charge on any atom is -0.454 e. The molecule has 1 heterocycles. The number of hydrogen-bond acceptors (Lipinski definition) is 5. The molecule has 132 valence electrons. The predicted molar refractivity (Wildman–Crippen MR) is 93.4 cm³/mol. The molecule has 0 fully saturated rings. The minimum absolute atomic E-state index is 0.131. The van der Waals surface area contributed by atoms with Crippen molar-refractivity contribution < 1.29 is 24.2 Å². The van der Waals surface area contributed by atoms with Crippen LogP contribution >= 0.6 is 0 Å². The molecule has 0 radical (unpaired) electrons. The maximum absolute atomic E-state index is 12.9. The highest BCUT2D eigenvalue weighted by atomic mass is 16.7. The van der Waals surface area contributed by atoms with Crippen molar-refractivity contribution in [3.05, 3.63) is 40.5 Å². The van der Waals surface area contributed by atoms with E-state index in [1.165, 1.54) is 0 Å². The van der Waals surface area contributed by atoms with E-state index < -0.39 is 5.60 Å². The summed E-state index contributed by atoms with van der Waals surface area (Å²) in [6.07, 6.45) is 0.726. The van der Waals surface area contributed by atoms with E-state index >= 15 is 0 Å². The van der Waals surface area contributed by atoms with E-state index in [-0.39, 0.29) is 18.4 Å². The molecule has 2 aliphatic rings. The molecular formula is C20H22O5. The van der Waals surface area contributed by atoms with Gasteiger partial charge in [-0.25, -0.2) is 0 Å². The average molecular weight is 342 g/mol. The Balaban J connectivity index is 2.10. The second-order valence-electron chi connectivity index (χ2n) is 7.14. The summed E-state index contributed by atoms with van der Waals surface area (Å²) in [4.78, 5) is 25.7. The number of Topliss-reactive ketones (excluding diaryl/α,β-unsaturated/α-hetero) is 2. The fraction of sp³-hybridized carbons (Fsp3) is 0.400. The predicted octanol–water partition coefficient (Wildman–Crippen LogP) is 3.21. The Hall–Kier alpha value is -2.40. The molecule has 0 saturated heterocycles. The van der Waals surface area contributed by atoms with Crippen molar-refractivity contribution in [3.63, 3.8) is 0 Å². The first-order valence-electron chi connectivity index (χ1n) is 8.31. The molecule has 0 unspecified atom stereocenters. The first-order chi connectivity index (χ1) is 11.7. The maximum atomic E-state index is 12.9. The molecule has 1 aliphatic carbocycles. The lowest BCUT2D eigenvalue weighted by molar-refractivity contribution is -0.115. The largest absolute Gasteiger partial charge is 0.454 e. The third-order valence-corrected chi connectivity index (χ3v) is 4.69. The highest BCUT2D eigenvalue weighted by Crippen LogP contribution is 2.39. The third kappa shape index (κ3) is 3.24. The zero-order valence-electron chi connectivity index (χ0n) is 14.9. The van der Waals surface area contributed by atoms with Crippen LogP contribution in [0.2, 0.25) is 0 Å². The smallest absolute Gasteiger partial charge is 0.231 e. The quantitative estimate of drug-likeness (QED) is 0.851. The lowest BCUT2D eigenvalue weighted by Crippen LogP contribution is -2.24. The Morgan fingerprint density at radius 2 is 1.68 bits per heavy atom. The minimum atomic E-state index is -0.916. The zero-order valence-corrected chi connectivity index (χ0v) is 14.9. The van der Waals surface area contributed by atoms with Crippen molar-refractivity contribution in [2.24, 2.45) is 0 Å². The molecule has 0 amide bonds. The molecule has 5 nitrogen and oxygen atoms in total. The molecule has 5 heteroatoms. The summed E-state index contributed by atoms with van der Waals surface area (Å²) in [6, 6.07) is 5.25. The molecule has 1 N–H and O–H groups in total. The van der Waals surface area contributed by atoms with Crippen molar-refractivity contribution in [2.75, 3.05) is 6.79 Å². The van der Waals surface area contributed by atoms with Crippen molar-refractivity contribution >= 4 is 17.1 Å². The Kier molecular flexibility index (Phi) is 4.29. The number of rotatable bonds is 4. The van der Waals surface area contributed by atoms with Gasteiger partial charge < -0.3 is 14.6 Å². The molecule has 1 aromatic rings. The summed E-state index contributed by atoms with van der Waals surface area (Å²) in [5, 5.41) is 10.0. The van der Waals surface area contributed by atoms with Gasteiger partial charge in [-0.1, -0.05) is 6.07 Å². The van der Waals surface area contributed by atoms with Crippen LogP contribution in [0.25, 0.3) is 5.57 Å². The van der Waals surface area contributed by atoms with Crippen LogP contribution in [0.4, 0.5) is 0 Å². The Morgan fingerprint density at radius 1 is 1.04 bits per heavy atom. The molecule has 0 aromatic heterocycles. The molecule has 0 saturated carbocycles. The zero-order chi connectivity index (χ0) is 18.4. The van der Waals surface area contributed by atoms with Crippen molar-refractivity contribution in [1.82, 2.24) is 0 Å². The average Bonchev–Trinajstić information content (AvgIpc) is 3.01. The second-order valence-corrected chi connectivity index (χ2v) is 7.14. The normalized spacial score (nSPS) is 17.6. The van der Waals surface area contributed by atoms with Crippen LogP contribution in [0.15, 0.2) is 34.9 Å². The van der Waals surface area contributed by atoms with Gasteiger partial charge in [0.25, 0.3) is 0 Å². The van der Waals surface area contributed by atoms with Gasteiger partial charge >= 0.3 is 0 Å². The van der Waals surface area contributed by atoms with E-state index in [0.717, 1.165) is 0 Å². The number of aliphatic hydroxyl groups is 1. The van der Waals surface area contributed by atoms with Crippen LogP contribution < -0.4 is 9.47 Å². The fourth-order valence-electron chi connectivity index (χ4n) is 3.03. The Morgan fingerprint density at radius 3 is 2.36 bits per heavy atom. The van der Waals surface area contributed by atoms with Crippen LogP contribution in [0.1, 0.15) is 46.1 Å². The molecule has 1 aromatic carbocycles. The molecule has 3 rings (SSSR count). The first kappa shape index (κ1) is 17.4. The topological polar surface area (TPSA) is 72.8 Å². The van der Waals surface area contributed by atoms with Crippen LogP contribution in [-0.2, 0) is 9.59 Å². The summed E-state index contributed by atoms with van der Waals surface area (Å²) >= 11 is 0. The number of fused-ring (bicyclic) bond motifs is 1. The van der Waals surface area contributed by atoms with Gasteiger partial charge in [0.05, 0.1) is 5.60 Å². The van der Waals surface area contributed by atoms with Gasteiger partial charge in [-0.2, -0.15) is 0 Å². The molecule has 0 atom stereocenters. The van der Waals surface area contributed by atoms with E-state index in [0.29, 0.717) is 52.2 Å².